The Morgan fingerprint density at radius 2 is 1.85 bits per heavy atom. The molecular formula is C9H10N2O2. The van der Waals surface area contributed by atoms with Gasteiger partial charge < -0.3 is 10.4 Å². The van der Waals surface area contributed by atoms with Crippen molar-refractivity contribution in [3.8, 4) is 0 Å². The van der Waals surface area contributed by atoms with E-state index in [9.17, 15) is 0 Å². The monoisotopic (exact) mass is 178 g/mol. The standard InChI is InChI=1S/C9H10N2O2/c1-7(11-13)9-4-2-8(3-5-9)6-10-12/h2-6,12-13H,1H3/b10-6+,11-7+. The Morgan fingerprint density at radius 3 is 2.31 bits per heavy atom. The summed E-state index contributed by atoms with van der Waals surface area (Å²) in [6.45, 7) is 1.70. The lowest BCUT2D eigenvalue weighted by Crippen LogP contribution is -1.94. The molecule has 68 valence electrons. The zero-order chi connectivity index (χ0) is 9.68. The molecule has 0 aliphatic rings. The first kappa shape index (κ1) is 9.25. The molecule has 0 aliphatic carbocycles. The van der Waals surface area contributed by atoms with E-state index in [-0.39, 0.29) is 0 Å². The maximum atomic E-state index is 8.48. The van der Waals surface area contributed by atoms with Crippen molar-refractivity contribution >= 4 is 11.9 Å². The van der Waals surface area contributed by atoms with E-state index in [1.165, 1.54) is 6.21 Å². The first-order chi connectivity index (χ1) is 6.27. The van der Waals surface area contributed by atoms with E-state index < -0.39 is 0 Å². The van der Waals surface area contributed by atoms with E-state index in [2.05, 4.69) is 10.3 Å². The van der Waals surface area contributed by atoms with Gasteiger partial charge in [0.15, 0.2) is 0 Å². The van der Waals surface area contributed by atoms with Gasteiger partial charge >= 0.3 is 0 Å². The molecule has 0 saturated heterocycles. The second-order valence-electron chi connectivity index (χ2n) is 2.55. The first-order valence-electron chi connectivity index (χ1n) is 3.74. The van der Waals surface area contributed by atoms with Gasteiger partial charge in [0.25, 0.3) is 0 Å². The Labute approximate surface area is 75.8 Å². The van der Waals surface area contributed by atoms with Gasteiger partial charge in [0, 0.05) is 0 Å². The fraction of sp³-hybridized carbons (Fsp3) is 0.111. The van der Waals surface area contributed by atoms with Crippen molar-refractivity contribution < 1.29 is 10.4 Å². The third kappa shape index (κ3) is 2.30. The summed E-state index contributed by atoms with van der Waals surface area (Å²) in [5, 5.41) is 22.7. The number of benzene rings is 1. The van der Waals surface area contributed by atoms with E-state index in [1.54, 1.807) is 31.2 Å². The fourth-order valence-electron chi connectivity index (χ4n) is 0.935. The molecule has 0 aromatic heterocycles. The van der Waals surface area contributed by atoms with Crippen molar-refractivity contribution in [3.05, 3.63) is 35.4 Å². The summed E-state index contributed by atoms with van der Waals surface area (Å²) in [6.07, 6.45) is 1.33. The van der Waals surface area contributed by atoms with Crippen LogP contribution in [-0.2, 0) is 0 Å². The minimum atomic E-state index is 0.549. The van der Waals surface area contributed by atoms with Gasteiger partial charge in [-0.05, 0) is 18.1 Å². The zero-order valence-electron chi connectivity index (χ0n) is 7.18. The molecule has 4 nitrogen and oxygen atoms in total. The Hall–Kier alpha value is -1.84. The van der Waals surface area contributed by atoms with Gasteiger partial charge in [-0.25, -0.2) is 0 Å². The third-order valence-electron chi connectivity index (χ3n) is 1.69. The second kappa shape index (κ2) is 4.25. The van der Waals surface area contributed by atoms with Crippen molar-refractivity contribution in [2.24, 2.45) is 10.3 Å². The molecule has 0 amide bonds. The van der Waals surface area contributed by atoms with Crippen LogP contribution >= 0.6 is 0 Å². The van der Waals surface area contributed by atoms with Crippen LogP contribution in [0.2, 0.25) is 0 Å². The summed E-state index contributed by atoms with van der Waals surface area (Å²) in [5.41, 5.74) is 2.17. The molecule has 0 fully saturated rings. The first-order valence-corrected chi connectivity index (χ1v) is 3.74. The highest BCUT2D eigenvalue weighted by Crippen LogP contribution is 2.03. The van der Waals surface area contributed by atoms with Crippen LogP contribution in [0, 0.1) is 0 Å². The average molecular weight is 178 g/mol. The maximum absolute atomic E-state index is 8.48. The molecule has 1 rings (SSSR count). The Balaban J connectivity index is 2.93. The molecule has 0 radical (unpaired) electrons. The van der Waals surface area contributed by atoms with Crippen LogP contribution in [0.25, 0.3) is 0 Å². The van der Waals surface area contributed by atoms with Crippen LogP contribution in [-0.4, -0.2) is 22.3 Å². The number of hydrogen-bond acceptors (Lipinski definition) is 4. The quantitative estimate of drug-likeness (QED) is 0.411. The zero-order valence-corrected chi connectivity index (χ0v) is 7.18. The Bertz CT molecular complexity index is 328. The van der Waals surface area contributed by atoms with Gasteiger partial charge in [-0.1, -0.05) is 34.6 Å². The number of oxime groups is 2. The minimum Gasteiger partial charge on any atom is -0.411 e. The Morgan fingerprint density at radius 1 is 1.23 bits per heavy atom. The van der Waals surface area contributed by atoms with Crippen molar-refractivity contribution in [1.82, 2.24) is 0 Å². The maximum Gasteiger partial charge on any atom is 0.0836 e. The highest BCUT2D eigenvalue weighted by atomic mass is 16.4. The minimum absolute atomic E-state index is 0.549. The smallest absolute Gasteiger partial charge is 0.0836 e. The van der Waals surface area contributed by atoms with Crippen LogP contribution in [0.1, 0.15) is 18.1 Å². The molecule has 0 spiro atoms. The normalized spacial score (nSPS) is 12.2. The van der Waals surface area contributed by atoms with Gasteiger partial charge in [0.05, 0.1) is 11.9 Å². The molecule has 0 unspecified atom stereocenters. The highest BCUT2D eigenvalue weighted by molar-refractivity contribution is 5.98. The number of nitrogens with zero attached hydrogens (tertiary/aromatic N) is 2. The lowest BCUT2D eigenvalue weighted by Gasteiger charge is -1.97. The van der Waals surface area contributed by atoms with E-state index in [0.29, 0.717) is 5.71 Å². The van der Waals surface area contributed by atoms with Gasteiger partial charge in [0.2, 0.25) is 0 Å². The largest absolute Gasteiger partial charge is 0.411 e. The van der Waals surface area contributed by atoms with Gasteiger partial charge in [-0.15, -0.1) is 0 Å². The van der Waals surface area contributed by atoms with Gasteiger partial charge in [0.1, 0.15) is 0 Å². The molecule has 0 saturated carbocycles. The van der Waals surface area contributed by atoms with Crippen LogP contribution in [0.3, 0.4) is 0 Å². The van der Waals surface area contributed by atoms with Crippen molar-refractivity contribution in [2.75, 3.05) is 0 Å². The summed E-state index contributed by atoms with van der Waals surface area (Å²) in [7, 11) is 0. The van der Waals surface area contributed by atoms with Crippen LogP contribution < -0.4 is 0 Å². The third-order valence-corrected chi connectivity index (χ3v) is 1.69. The summed E-state index contributed by atoms with van der Waals surface area (Å²) >= 11 is 0. The molecular weight excluding hydrogens is 168 g/mol. The summed E-state index contributed by atoms with van der Waals surface area (Å²) in [5.74, 6) is 0. The van der Waals surface area contributed by atoms with Gasteiger partial charge in [-0.2, -0.15) is 0 Å². The predicted molar refractivity (Wildman–Crippen MR) is 49.8 cm³/mol. The molecule has 2 N–H and O–H groups in total. The summed E-state index contributed by atoms with van der Waals surface area (Å²) in [6, 6.07) is 7.10. The topological polar surface area (TPSA) is 65.2 Å². The fourth-order valence-corrected chi connectivity index (χ4v) is 0.935. The van der Waals surface area contributed by atoms with Crippen molar-refractivity contribution in [2.45, 2.75) is 6.92 Å². The lowest BCUT2D eigenvalue weighted by atomic mass is 10.1. The lowest BCUT2D eigenvalue weighted by molar-refractivity contribution is 0.319. The molecule has 0 aliphatic heterocycles. The van der Waals surface area contributed by atoms with Crippen LogP contribution in [0.15, 0.2) is 34.6 Å². The van der Waals surface area contributed by atoms with E-state index >= 15 is 0 Å². The SMILES string of the molecule is C/C(=N\O)c1ccc(/C=N/O)cc1. The predicted octanol–water partition coefficient (Wildman–Crippen LogP) is 1.69. The van der Waals surface area contributed by atoms with Crippen LogP contribution in [0.5, 0.6) is 0 Å². The molecule has 1 aromatic carbocycles. The van der Waals surface area contributed by atoms with Crippen molar-refractivity contribution in [3.63, 3.8) is 0 Å². The van der Waals surface area contributed by atoms with Gasteiger partial charge in [-0.3, -0.25) is 0 Å². The molecule has 0 atom stereocenters. The Kier molecular flexibility index (Phi) is 3.03. The molecule has 1 aromatic rings. The van der Waals surface area contributed by atoms with Crippen molar-refractivity contribution in [1.29, 1.82) is 0 Å². The summed E-state index contributed by atoms with van der Waals surface area (Å²) in [4.78, 5) is 0. The van der Waals surface area contributed by atoms with E-state index in [4.69, 9.17) is 10.4 Å². The molecule has 4 heteroatoms. The molecule has 13 heavy (non-hydrogen) atoms. The number of rotatable bonds is 2. The van der Waals surface area contributed by atoms with Crippen LogP contribution in [0.4, 0.5) is 0 Å². The highest BCUT2D eigenvalue weighted by Gasteiger charge is 1.96. The average Bonchev–Trinajstić information content (AvgIpc) is 2.18. The van der Waals surface area contributed by atoms with E-state index in [1.807, 2.05) is 0 Å². The summed E-state index contributed by atoms with van der Waals surface area (Å²) < 4.78 is 0. The second-order valence-corrected chi connectivity index (χ2v) is 2.55. The molecule has 0 bridgehead atoms. The molecule has 0 heterocycles. The van der Waals surface area contributed by atoms with E-state index in [0.717, 1.165) is 11.1 Å². The number of hydrogen-bond donors (Lipinski definition) is 2.